The van der Waals surface area contributed by atoms with E-state index in [-0.39, 0.29) is 0 Å². The Labute approximate surface area is 87.9 Å². The molecule has 0 aromatic carbocycles. The predicted octanol–water partition coefficient (Wildman–Crippen LogP) is 1.92. The molecule has 1 aromatic heterocycles. The monoisotopic (exact) mass is 212 g/mol. The third kappa shape index (κ3) is 1.90. The van der Waals surface area contributed by atoms with Crippen molar-refractivity contribution < 1.29 is 0 Å². The summed E-state index contributed by atoms with van der Waals surface area (Å²) in [7, 11) is 0. The van der Waals surface area contributed by atoms with Crippen molar-refractivity contribution in [2.45, 2.75) is 25.8 Å². The molecule has 1 aromatic rings. The van der Waals surface area contributed by atoms with Gasteiger partial charge in [0.15, 0.2) is 5.82 Å². The van der Waals surface area contributed by atoms with Gasteiger partial charge in [0, 0.05) is 6.04 Å². The van der Waals surface area contributed by atoms with Crippen molar-refractivity contribution in [2.75, 3.05) is 11.1 Å². The molecule has 0 spiro atoms. The summed E-state index contributed by atoms with van der Waals surface area (Å²) in [5.74, 6) is 1.72. The van der Waals surface area contributed by atoms with E-state index in [0.29, 0.717) is 22.7 Å². The van der Waals surface area contributed by atoms with Gasteiger partial charge in [0.05, 0.1) is 0 Å². The summed E-state index contributed by atoms with van der Waals surface area (Å²) >= 11 is 5.95. The maximum atomic E-state index is 5.95. The molecule has 1 fully saturated rings. The molecule has 0 aliphatic heterocycles. The van der Waals surface area contributed by atoms with Gasteiger partial charge in [0.1, 0.15) is 17.2 Å². The van der Waals surface area contributed by atoms with Crippen LogP contribution in [-0.4, -0.2) is 16.0 Å². The Bertz CT molecular complexity index is 338. The lowest BCUT2D eigenvalue weighted by molar-refractivity contribution is 0.690. The van der Waals surface area contributed by atoms with Crippen LogP contribution in [0.2, 0.25) is 5.02 Å². The van der Waals surface area contributed by atoms with Crippen LogP contribution < -0.4 is 11.1 Å². The van der Waals surface area contributed by atoms with Crippen molar-refractivity contribution in [1.82, 2.24) is 9.97 Å². The first-order chi connectivity index (χ1) is 6.68. The van der Waals surface area contributed by atoms with Gasteiger partial charge in [0.25, 0.3) is 0 Å². The smallest absolute Gasteiger partial charge is 0.150 e. The fourth-order valence-electron chi connectivity index (χ4n) is 1.41. The standard InChI is InChI=1S/C9H13ClN4/c1-5(6-2-3-6)14-9-7(10)8(11)12-4-13-9/h4-6H,2-3H2,1H3,(H3,11,12,13,14). The topological polar surface area (TPSA) is 63.8 Å². The highest BCUT2D eigenvalue weighted by Crippen LogP contribution is 2.35. The molecule has 4 nitrogen and oxygen atoms in total. The quantitative estimate of drug-likeness (QED) is 0.804. The largest absolute Gasteiger partial charge is 0.382 e. The minimum absolute atomic E-state index is 0.326. The van der Waals surface area contributed by atoms with Crippen LogP contribution in [-0.2, 0) is 0 Å². The number of anilines is 2. The minimum atomic E-state index is 0.326. The first-order valence-corrected chi connectivity index (χ1v) is 5.09. The van der Waals surface area contributed by atoms with Crippen molar-refractivity contribution in [2.24, 2.45) is 5.92 Å². The molecule has 5 heteroatoms. The first kappa shape index (κ1) is 9.52. The van der Waals surface area contributed by atoms with E-state index in [4.69, 9.17) is 17.3 Å². The van der Waals surface area contributed by atoms with Crippen LogP contribution >= 0.6 is 11.6 Å². The maximum absolute atomic E-state index is 5.95. The summed E-state index contributed by atoms with van der Waals surface area (Å²) in [4.78, 5) is 7.86. The molecule has 2 rings (SSSR count). The van der Waals surface area contributed by atoms with Gasteiger partial charge in [-0.2, -0.15) is 0 Å². The molecular formula is C9H13ClN4. The molecule has 3 N–H and O–H groups in total. The van der Waals surface area contributed by atoms with Gasteiger partial charge in [-0.3, -0.25) is 0 Å². The third-order valence-electron chi connectivity index (χ3n) is 2.51. The molecule has 0 bridgehead atoms. The van der Waals surface area contributed by atoms with Crippen LogP contribution in [0, 0.1) is 5.92 Å². The molecule has 0 radical (unpaired) electrons. The van der Waals surface area contributed by atoms with E-state index in [0.717, 1.165) is 5.92 Å². The zero-order valence-electron chi connectivity index (χ0n) is 8.00. The van der Waals surface area contributed by atoms with E-state index in [1.54, 1.807) is 0 Å². The van der Waals surface area contributed by atoms with Crippen molar-refractivity contribution in [3.63, 3.8) is 0 Å². The number of rotatable bonds is 3. The Balaban J connectivity index is 2.11. The Morgan fingerprint density at radius 3 is 2.93 bits per heavy atom. The highest BCUT2D eigenvalue weighted by atomic mass is 35.5. The van der Waals surface area contributed by atoms with E-state index in [9.17, 15) is 0 Å². The highest BCUT2D eigenvalue weighted by Gasteiger charge is 2.28. The summed E-state index contributed by atoms with van der Waals surface area (Å²) < 4.78 is 0. The van der Waals surface area contributed by atoms with Crippen LogP contribution in [0.3, 0.4) is 0 Å². The SMILES string of the molecule is CC(Nc1ncnc(N)c1Cl)C1CC1. The second kappa shape index (κ2) is 3.61. The fourth-order valence-corrected chi connectivity index (χ4v) is 1.57. The summed E-state index contributed by atoms with van der Waals surface area (Å²) in [6.07, 6.45) is 3.99. The number of hydrogen-bond acceptors (Lipinski definition) is 4. The van der Waals surface area contributed by atoms with E-state index in [1.165, 1.54) is 19.2 Å². The number of nitrogens with two attached hydrogens (primary N) is 1. The van der Waals surface area contributed by atoms with Gasteiger partial charge in [-0.25, -0.2) is 9.97 Å². The van der Waals surface area contributed by atoms with E-state index < -0.39 is 0 Å². The first-order valence-electron chi connectivity index (χ1n) is 4.71. The molecule has 1 unspecified atom stereocenters. The Hall–Kier alpha value is -1.03. The Kier molecular flexibility index (Phi) is 2.46. The highest BCUT2D eigenvalue weighted by molar-refractivity contribution is 6.35. The lowest BCUT2D eigenvalue weighted by Crippen LogP contribution is -2.18. The fraction of sp³-hybridized carbons (Fsp3) is 0.556. The number of nitrogens with one attached hydrogen (secondary N) is 1. The normalized spacial score (nSPS) is 17.9. The van der Waals surface area contributed by atoms with Gasteiger partial charge < -0.3 is 11.1 Å². The molecule has 14 heavy (non-hydrogen) atoms. The number of halogens is 1. The second-order valence-corrected chi connectivity index (χ2v) is 4.07. The van der Waals surface area contributed by atoms with Gasteiger partial charge in [0.2, 0.25) is 0 Å². The van der Waals surface area contributed by atoms with Crippen molar-refractivity contribution in [3.05, 3.63) is 11.3 Å². The molecule has 76 valence electrons. The van der Waals surface area contributed by atoms with Crippen LogP contribution in [0.25, 0.3) is 0 Å². The number of nitrogen functional groups attached to an aromatic ring is 1. The lowest BCUT2D eigenvalue weighted by Gasteiger charge is -2.14. The maximum Gasteiger partial charge on any atom is 0.150 e. The predicted molar refractivity (Wildman–Crippen MR) is 57.3 cm³/mol. The van der Waals surface area contributed by atoms with Crippen LogP contribution in [0.15, 0.2) is 6.33 Å². The zero-order chi connectivity index (χ0) is 10.1. The van der Waals surface area contributed by atoms with Crippen LogP contribution in [0.5, 0.6) is 0 Å². The van der Waals surface area contributed by atoms with Gasteiger partial charge >= 0.3 is 0 Å². The molecule has 1 aliphatic carbocycles. The molecule has 1 aliphatic rings. The summed E-state index contributed by atoms with van der Waals surface area (Å²) in [6, 6.07) is 0.404. The molecule has 0 saturated heterocycles. The third-order valence-corrected chi connectivity index (χ3v) is 2.88. The second-order valence-electron chi connectivity index (χ2n) is 3.69. The van der Waals surface area contributed by atoms with E-state index >= 15 is 0 Å². The van der Waals surface area contributed by atoms with Gasteiger partial charge in [-0.15, -0.1) is 0 Å². The number of aromatic nitrogens is 2. The van der Waals surface area contributed by atoms with Gasteiger partial charge in [-0.1, -0.05) is 11.6 Å². The minimum Gasteiger partial charge on any atom is -0.382 e. The average molecular weight is 213 g/mol. The van der Waals surface area contributed by atoms with Crippen molar-refractivity contribution >= 4 is 23.2 Å². The molecule has 1 atom stereocenters. The number of nitrogens with zero attached hydrogens (tertiary/aromatic N) is 2. The molecule has 0 amide bonds. The summed E-state index contributed by atoms with van der Waals surface area (Å²) in [5.41, 5.74) is 5.57. The van der Waals surface area contributed by atoms with E-state index in [1.807, 2.05) is 0 Å². The van der Waals surface area contributed by atoms with Crippen LogP contribution in [0.1, 0.15) is 19.8 Å². The van der Waals surface area contributed by atoms with Crippen molar-refractivity contribution in [1.29, 1.82) is 0 Å². The molecular weight excluding hydrogens is 200 g/mol. The zero-order valence-corrected chi connectivity index (χ0v) is 8.75. The van der Waals surface area contributed by atoms with Crippen molar-refractivity contribution in [3.8, 4) is 0 Å². The lowest BCUT2D eigenvalue weighted by atomic mass is 10.2. The molecule has 1 heterocycles. The van der Waals surface area contributed by atoms with E-state index in [2.05, 4.69) is 22.2 Å². The van der Waals surface area contributed by atoms with Crippen LogP contribution in [0.4, 0.5) is 11.6 Å². The summed E-state index contributed by atoms with van der Waals surface area (Å²) in [5, 5.41) is 3.67. The Morgan fingerprint density at radius 2 is 2.29 bits per heavy atom. The van der Waals surface area contributed by atoms with Gasteiger partial charge in [-0.05, 0) is 25.7 Å². The number of hydrogen-bond donors (Lipinski definition) is 2. The average Bonchev–Trinajstić information content (AvgIpc) is 2.95. The summed E-state index contributed by atoms with van der Waals surface area (Å²) in [6.45, 7) is 2.13. The Morgan fingerprint density at radius 1 is 1.57 bits per heavy atom. The molecule has 1 saturated carbocycles.